The predicted molar refractivity (Wildman–Crippen MR) is 120 cm³/mol. The minimum Gasteiger partial charge on any atom is -0.491 e. The lowest BCUT2D eigenvalue weighted by molar-refractivity contribution is -0.114. The van der Waals surface area contributed by atoms with Crippen molar-refractivity contribution in [2.45, 2.75) is 32.9 Å². The molecule has 0 aliphatic heterocycles. The summed E-state index contributed by atoms with van der Waals surface area (Å²) in [5.74, 6) is 1.01. The Labute approximate surface area is 181 Å². The van der Waals surface area contributed by atoms with Crippen LogP contribution in [0.4, 0.5) is 11.4 Å². The van der Waals surface area contributed by atoms with Crippen molar-refractivity contribution in [3.63, 3.8) is 0 Å². The minimum absolute atomic E-state index is 0.0977. The standard InChI is InChI=1S/C24H27N3O4/c1-3-17(2)31-21-11-9-19(10-12-21)25-16-23(28)27-20-7-4-6-18(14-20)24(29)26-15-22-8-5-13-30-22/h4-14,17,25H,3,15-16H2,1-2H3,(H,26,29)(H,27,28). The summed E-state index contributed by atoms with van der Waals surface area (Å²) in [6.45, 7) is 4.49. The summed E-state index contributed by atoms with van der Waals surface area (Å²) in [6.07, 6.45) is 2.65. The summed E-state index contributed by atoms with van der Waals surface area (Å²) < 4.78 is 10.9. The van der Waals surface area contributed by atoms with E-state index in [9.17, 15) is 9.59 Å². The highest BCUT2D eigenvalue weighted by atomic mass is 16.5. The van der Waals surface area contributed by atoms with Crippen LogP contribution in [0.5, 0.6) is 5.75 Å². The molecule has 3 aromatic rings. The number of hydrogen-bond acceptors (Lipinski definition) is 5. The second kappa shape index (κ2) is 10.9. The fraction of sp³-hybridized carbons (Fsp3) is 0.250. The third-order valence-electron chi connectivity index (χ3n) is 4.63. The molecule has 2 amide bonds. The van der Waals surface area contributed by atoms with Gasteiger partial charge in [-0.25, -0.2) is 0 Å². The highest BCUT2D eigenvalue weighted by molar-refractivity contribution is 5.98. The highest BCUT2D eigenvalue weighted by Gasteiger charge is 2.09. The van der Waals surface area contributed by atoms with Crippen LogP contribution >= 0.6 is 0 Å². The van der Waals surface area contributed by atoms with Crippen molar-refractivity contribution in [2.75, 3.05) is 17.2 Å². The van der Waals surface area contributed by atoms with Crippen LogP contribution in [0.15, 0.2) is 71.3 Å². The van der Waals surface area contributed by atoms with Crippen LogP contribution < -0.4 is 20.7 Å². The Morgan fingerprint density at radius 1 is 1.03 bits per heavy atom. The number of nitrogens with one attached hydrogen (secondary N) is 3. The largest absolute Gasteiger partial charge is 0.491 e. The quantitative estimate of drug-likeness (QED) is 0.450. The van der Waals surface area contributed by atoms with E-state index in [0.29, 0.717) is 23.6 Å². The molecule has 1 heterocycles. The summed E-state index contributed by atoms with van der Waals surface area (Å²) in [7, 11) is 0. The van der Waals surface area contributed by atoms with Gasteiger partial charge in [0.25, 0.3) is 5.91 Å². The lowest BCUT2D eigenvalue weighted by Gasteiger charge is -2.13. The van der Waals surface area contributed by atoms with Gasteiger partial charge in [-0.1, -0.05) is 13.0 Å². The van der Waals surface area contributed by atoms with E-state index in [4.69, 9.17) is 9.15 Å². The van der Waals surface area contributed by atoms with E-state index in [-0.39, 0.29) is 24.5 Å². The first-order valence-electron chi connectivity index (χ1n) is 10.2. The fourth-order valence-electron chi connectivity index (χ4n) is 2.78. The molecular formula is C24H27N3O4. The molecule has 31 heavy (non-hydrogen) atoms. The molecule has 1 unspecified atom stereocenters. The monoisotopic (exact) mass is 421 g/mol. The molecule has 0 spiro atoms. The summed E-state index contributed by atoms with van der Waals surface area (Å²) in [5, 5.41) is 8.65. The lowest BCUT2D eigenvalue weighted by Crippen LogP contribution is -2.24. The number of carbonyl (C=O) groups is 2. The number of ether oxygens (including phenoxy) is 1. The average molecular weight is 421 g/mol. The van der Waals surface area contributed by atoms with E-state index in [1.165, 1.54) is 0 Å². The van der Waals surface area contributed by atoms with E-state index in [0.717, 1.165) is 17.9 Å². The molecule has 3 N–H and O–H groups in total. The van der Waals surface area contributed by atoms with E-state index < -0.39 is 0 Å². The number of carbonyl (C=O) groups excluding carboxylic acids is 2. The van der Waals surface area contributed by atoms with Crippen LogP contribution in [-0.4, -0.2) is 24.5 Å². The molecule has 0 aliphatic carbocycles. The number of amides is 2. The van der Waals surface area contributed by atoms with Crippen molar-refractivity contribution < 1.29 is 18.7 Å². The molecule has 0 radical (unpaired) electrons. The third-order valence-corrected chi connectivity index (χ3v) is 4.63. The van der Waals surface area contributed by atoms with Crippen LogP contribution in [0, 0.1) is 0 Å². The molecule has 7 heteroatoms. The summed E-state index contributed by atoms with van der Waals surface area (Å²) in [6, 6.07) is 17.8. The Balaban J connectivity index is 1.48. The van der Waals surface area contributed by atoms with Gasteiger partial charge in [0.05, 0.1) is 25.5 Å². The van der Waals surface area contributed by atoms with Crippen molar-refractivity contribution in [3.05, 3.63) is 78.3 Å². The molecule has 0 saturated carbocycles. The fourth-order valence-corrected chi connectivity index (χ4v) is 2.78. The zero-order valence-electron chi connectivity index (χ0n) is 17.7. The Morgan fingerprint density at radius 3 is 2.55 bits per heavy atom. The van der Waals surface area contributed by atoms with Crippen molar-refractivity contribution >= 4 is 23.2 Å². The first-order chi connectivity index (χ1) is 15.0. The van der Waals surface area contributed by atoms with Crippen molar-refractivity contribution in [1.82, 2.24) is 5.32 Å². The molecule has 7 nitrogen and oxygen atoms in total. The Morgan fingerprint density at radius 2 is 1.84 bits per heavy atom. The van der Waals surface area contributed by atoms with Gasteiger partial charge in [-0.2, -0.15) is 0 Å². The smallest absolute Gasteiger partial charge is 0.251 e. The van der Waals surface area contributed by atoms with Crippen molar-refractivity contribution in [3.8, 4) is 5.75 Å². The summed E-state index contributed by atoms with van der Waals surface area (Å²) in [4.78, 5) is 24.6. The Bertz CT molecular complexity index is 984. The average Bonchev–Trinajstić information content (AvgIpc) is 3.31. The van der Waals surface area contributed by atoms with Crippen molar-refractivity contribution in [1.29, 1.82) is 0 Å². The molecule has 2 aromatic carbocycles. The van der Waals surface area contributed by atoms with E-state index in [1.54, 1.807) is 42.7 Å². The first-order valence-corrected chi connectivity index (χ1v) is 10.2. The topological polar surface area (TPSA) is 92.6 Å². The number of rotatable bonds is 10. The van der Waals surface area contributed by atoms with Gasteiger partial charge in [0, 0.05) is 16.9 Å². The van der Waals surface area contributed by atoms with Gasteiger partial charge in [-0.05, 0) is 67.9 Å². The molecular weight excluding hydrogens is 394 g/mol. The molecule has 0 bridgehead atoms. The van der Waals surface area contributed by atoms with Crippen LogP contribution in [-0.2, 0) is 11.3 Å². The molecule has 1 aromatic heterocycles. The van der Waals surface area contributed by atoms with Gasteiger partial charge in [0.15, 0.2) is 0 Å². The maximum atomic E-state index is 12.3. The predicted octanol–water partition coefficient (Wildman–Crippen LogP) is 4.44. The van der Waals surface area contributed by atoms with Crippen LogP contribution in [0.25, 0.3) is 0 Å². The van der Waals surface area contributed by atoms with E-state index in [2.05, 4.69) is 22.9 Å². The molecule has 0 saturated heterocycles. The normalized spacial score (nSPS) is 11.4. The second-order valence-electron chi connectivity index (χ2n) is 7.11. The van der Waals surface area contributed by atoms with Crippen molar-refractivity contribution in [2.24, 2.45) is 0 Å². The highest BCUT2D eigenvalue weighted by Crippen LogP contribution is 2.17. The first kappa shape index (κ1) is 22.0. The zero-order valence-corrected chi connectivity index (χ0v) is 17.7. The second-order valence-corrected chi connectivity index (χ2v) is 7.11. The molecule has 0 aliphatic rings. The Kier molecular flexibility index (Phi) is 7.70. The van der Waals surface area contributed by atoms with E-state index >= 15 is 0 Å². The van der Waals surface area contributed by atoms with Gasteiger partial charge >= 0.3 is 0 Å². The zero-order chi connectivity index (χ0) is 22.1. The lowest BCUT2D eigenvalue weighted by atomic mass is 10.2. The van der Waals surface area contributed by atoms with Crippen LogP contribution in [0.2, 0.25) is 0 Å². The molecule has 0 fully saturated rings. The van der Waals surface area contributed by atoms with Gasteiger partial charge in [-0.3, -0.25) is 9.59 Å². The maximum Gasteiger partial charge on any atom is 0.251 e. The summed E-state index contributed by atoms with van der Waals surface area (Å²) >= 11 is 0. The third kappa shape index (κ3) is 6.92. The van der Waals surface area contributed by atoms with E-state index in [1.807, 2.05) is 31.2 Å². The number of hydrogen-bond donors (Lipinski definition) is 3. The van der Waals surface area contributed by atoms with Crippen LogP contribution in [0.3, 0.4) is 0 Å². The summed E-state index contributed by atoms with van der Waals surface area (Å²) in [5.41, 5.74) is 1.82. The SMILES string of the molecule is CCC(C)Oc1ccc(NCC(=O)Nc2cccc(C(=O)NCc3ccco3)c2)cc1. The van der Waals surface area contributed by atoms with Gasteiger partial charge in [0.2, 0.25) is 5.91 Å². The molecule has 162 valence electrons. The van der Waals surface area contributed by atoms with Gasteiger partial charge in [0.1, 0.15) is 11.5 Å². The number of benzene rings is 2. The van der Waals surface area contributed by atoms with Crippen LogP contribution in [0.1, 0.15) is 36.4 Å². The van der Waals surface area contributed by atoms with Gasteiger partial charge < -0.3 is 25.1 Å². The minimum atomic E-state index is -0.245. The molecule has 3 rings (SSSR count). The number of anilines is 2. The maximum absolute atomic E-state index is 12.3. The van der Waals surface area contributed by atoms with Gasteiger partial charge in [-0.15, -0.1) is 0 Å². The molecule has 1 atom stereocenters. The Hall–Kier alpha value is -3.74. The number of furan rings is 1.